The second-order valence-corrected chi connectivity index (χ2v) is 5.80. The van der Waals surface area contributed by atoms with E-state index in [2.05, 4.69) is 5.32 Å². The first-order chi connectivity index (χ1) is 9.34. The highest BCUT2D eigenvalue weighted by molar-refractivity contribution is 5.89. The van der Waals surface area contributed by atoms with E-state index in [1.54, 1.807) is 11.9 Å². The smallest absolute Gasteiger partial charge is 0.329 e. The molecule has 1 unspecified atom stereocenters. The van der Waals surface area contributed by atoms with Crippen LogP contribution in [0.4, 0.5) is 4.79 Å². The minimum Gasteiger partial charge on any atom is -0.480 e. The lowest BCUT2D eigenvalue weighted by atomic mass is 9.96. The van der Waals surface area contributed by atoms with E-state index in [1.807, 2.05) is 0 Å². The Morgan fingerprint density at radius 1 is 1.35 bits per heavy atom. The molecule has 2 N–H and O–H groups in total. The van der Waals surface area contributed by atoms with E-state index in [1.165, 1.54) is 11.8 Å². The van der Waals surface area contributed by atoms with E-state index in [-0.39, 0.29) is 18.4 Å². The van der Waals surface area contributed by atoms with Crippen molar-refractivity contribution >= 4 is 17.9 Å². The standard InChI is InChI=1S/C13H21N3O4/c1-13(11(18)19,9-4-5-9)14-12(20)16-7-3-6-15(2)10(17)8-16/h9H,3-8H2,1-2H3,(H,14,20)(H,18,19). The molecule has 20 heavy (non-hydrogen) atoms. The number of hydrogen-bond acceptors (Lipinski definition) is 3. The van der Waals surface area contributed by atoms with Crippen LogP contribution in [-0.2, 0) is 9.59 Å². The fourth-order valence-electron chi connectivity index (χ4n) is 2.45. The number of nitrogens with one attached hydrogen (secondary N) is 1. The van der Waals surface area contributed by atoms with Crippen LogP contribution in [0.15, 0.2) is 0 Å². The largest absolute Gasteiger partial charge is 0.480 e. The van der Waals surface area contributed by atoms with Crippen molar-refractivity contribution in [2.45, 2.75) is 31.7 Å². The lowest BCUT2D eigenvalue weighted by Crippen LogP contribution is -2.58. The molecule has 1 aliphatic heterocycles. The molecule has 0 radical (unpaired) electrons. The van der Waals surface area contributed by atoms with Gasteiger partial charge >= 0.3 is 12.0 Å². The molecule has 2 aliphatic rings. The first kappa shape index (κ1) is 14.6. The number of rotatable bonds is 3. The molecular weight excluding hydrogens is 262 g/mol. The summed E-state index contributed by atoms with van der Waals surface area (Å²) in [6, 6.07) is -0.467. The average molecular weight is 283 g/mol. The fourth-order valence-corrected chi connectivity index (χ4v) is 2.45. The molecule has 3 amide bonds. The van der Waals surface area contributed by atoms with Gasteiger partial charge in [-0.3, -0.25) is 4.79 Å². The summed E-state index contributed by atoms with van der Waals surface area (Å²) in [6.45, 7) is 2.61. The second-order valence-electron chi connectivity index (χ2n) is 5.80. The van der Waals surface area contributed by atoms with E-state index in [0.717, 1.165) is 12.8 Å². The molecule has 0 bridgehead atoms. The van der Waals surface area contributed by atoms with E-state index in [0.29, 0.717) is 19.5 Å². The van der Waals surface area contributed by atoms with Crippen molar-refractivity contribution in [1.82, 2.24) is 15.1 Å². The number of carboxylic acid groups (broad SMARTS) is 1. The van der Waals surface area contributed by atoms with Gasteiger partial charge in [-0.05, 0) is 32.1 Å². The first-order valence-electron chi connectivity index (χ1n) is 6.89. The summed E-state index contributed by atoms with van der Waals surface area (Å²) in [5.41, 5.74) is -1.24. The SMILES string of the molecule is CN1CCCN(C(=O)NC(C)(C(=O)O)C2CC2)CC1=O. The van der Waals surface area contributed by atoms with Gasteiger partial charge in [0.1, 0.15) is 12.1 Å². The Hall–Kier alpha value is -1.79. The van der Waals surface area contributed by atoms with Crippen LogP contribution in [0.3, 0.4) is 0 Å². The summed E-state index contributed by atoms with van der Waals surface area (Å²) < 4.78 is 0. The number of carbonyl (C=O) groups excluding carboxylic acids is 2. The fraction of sp³-hybridized carbons (Fsp3) is 0.769. The maximum Gasteiger partial charge on any atom is 0.329 e. The lowest BCUT2D eigenvalue weighted by Gasteiger charge is -2.30. The highest BCUT2D eigenvalue weighted by atomic mass is 16.4. The van der Waals surface area contributed by atoms with E-state index in [9.17, 15) is 19.5 Å². The Morgan fingerprint density at radius 2 is 2.00 bits per heavy atom. The Bertz CT molecular complexity index is 435. The van der Waals surface area contributed by atoms with E-state index >= 15 is 0 Å². The predicted molar refractivity (Wildman–Crippen MR) is 71.1 cm³/mol. The van der Waals surface area contributed by atoms with Gasteiger partial charge < -0.3 is 20.2 Å². The maximum atomic E-state index is 12.2. The zero-order valence-corrected chi connectivity index (χ0v) is 11.9. The van der Waals surface area contributed by atoms with Gasteiger partial charge in [-0.1, -0.05) is 0 Å². The molecule has 0 aromatic heterocycles. The Balaban J connectivity index is 2.03. The first-order valence-corrected chi connectivity index (χ1v) is 6.89. The lowest BCUT2D eigenvalue weighted by molar-refractivity contribution is -0.144. The second kappa shape index (κ2) is 5.30. The van der Waals surface area contributed by atoms with Crippen LogP contribution in [0.1, 0.15) is 26.2 Å². The summed E-state index contributed by atoms with van der Waals surface area (Å²) in [6.07, 6.45) is 2.32. The zero-order chi connectivity index (χ0) is 14.9. The summed E-state index contributed by atoms with van der Waals surface area (Å²) in [5, 5.41) is 11.9. The summed E-state index contributed by atoms with van der Waals surface area (Å²) in [7, 11) is 1.70. The van der Waals surface area contributed by atoms with Gasteiger partial charge in [0.2, 0.25) is 5.91 Å². The third kappa shape index (κ3) is 2.86. The van der Waals surface area contributed by atoms with E-state index < -0.39 is 17.5 Å². The molecule has 1 saturated heterocycles. The Kier molecular flexibility index (Phi) is 3.87. The molecule has 1 aliphatic carbocycles. The Labute approximate surface area is 117 Å². The van der Waals surface area contributed by atoms with Gasteiger partial charge in [0.05, 0.1) is 0 Å². The Morgan fingerprint density at radius 3 is 2.55 bits per heavy atom. The van der Waals surface area contributed by atoms with Crippen LogP contribution in [0.25, 0.3) is 0 Å². The van der Waals surface area contributed by atoms with Gasteiger partial charge in [0.25, 0.3) is 0 Å². The van der Waals surface area contributed by atoms with Gasteiger partial charge in [-0.2, -0.15) is 0 Å². The quantitative estimate of drug-likeness (QED) is 0.769. The number of aliphatic carboxylic acids is 1. The topological polar surface area (TPSA) is 89.9 Å². The van der Waals surface area contributed by atoms with Crippen molar-refractivity contribution in [3.63, 3.8) is 0 Å². The molecule has 7 nitrogen and oxygen atoms in total. The molecular formula is C13H21N3O4. The molecule has 1 atom stereocenters. The molecule has 2 rings (SSSR count). The van der Waals surface area contributed by atoms with Crippen LogP contribution in [-0.4, -0.2) is 65.0 Å². The number of urea groups is 1. The van der Waals surface area contributed by atoms with Gasteiger partial charge in [0, 0.05) is 20.1 Å². The van der Waals surface area contributed by atoms with Gasteiger partial charge in [-0.15, -0.1) is 0 Å². The molecule has 112 valence electrons. The molecule has 2 fully saturated rings. The van der Waals surface area contributed by atoms with Crippen LogP contribution in [0.2, 0.25) is 0 Å². The number of nitrogens with zero attached hydrogens (tertiary/aromatic N) is 2. The van der Waals surface area contributed by atoms with Crippen LogP contribution in [0.5, 0.6) is 0 Å². The predicted octanol–water partition coefficient (Wildman–Crippen LogP) is 0.113. The van der Waals surface area contributed by atoms with Crippen molar-refractivity contribution < 1.29 is 19.5 Å². The summed E-state index contributed by atoms with van der Waals surface area (Å²) in [4.78, 5) is 38.4. The van der Waals surface area contributed by atoms with Crippen LogP contribution in [0, 0.1) is 5.92 Å². The zero-order valence-electron chi connectivity index (χ0n) is 11.9. The average Bonchev–Trinajstić information content (AvgIpc) is 3.20. The maximum absolute atomic E-state index is 12.2. The molecule has 0 aromatic rings. The summed E-state index contributed by atoms with van der Waals surface area (Å²) >= 11 is 0. The minimum atomic E-state index is -1.24. The normalized spacial score (nSPS) is 23.0. The molecule has 7 heteroatoms. The van der Waals surface area contributed by atoms with Crippen molar-refractivity contribution in [2.75, 3.05) is 26.7 Å². The molecule has 1 saturated carbocycles. The third-order valence-electron chi connectivity index (χ3n) is 4.17. The van der Waals surface area contributed by atoms with Gasteiger partial charge in [0.15, 0.2) is 0 Å². The highest BCUT2D eigenvalue weighted by Gasteiger charge is 2.49. The minimum absolute atomic E-state index is 0.00268. The number of amides is 3. The highest BCUT2D eigenvalue weighted by Crippen LogP contribution is 2.39. The molecule has 0 aromatic carbocycles. The monoisotopic (exact) mass is 283 g/mol. The van der Waals surface area contributed by atoms with Crippen LogP contribution >= 0.6 is 0 Å². The van der Waals surface area contributed by atoms with Gasteiger partial charge in [-0.25, -0.2) is 9.59 Å². The van der Waals surface area contributed by atoms with Crippen molar-refractivity contribution in [2.24, 2.45) is 5.92 Å². The number of hydrogen-bond donors (Lipinski definition) is 2. The van der Waals surface area contributed by atoms with E-state index in [4.69, 9.17) is 0 Å². The number of likely N-dealkylation sites (N-methyl/N-ethyl adjacent to an activating group) is 1. The molecule has 1 heterocycles. The summed E-state index contributed by atoms with van der Waals surface area (Å²) in [5.74, 6) is -1.16. The number of carbonyl (C=O) groups is 3. The number of carboxylic acids is 1. The van der Waals surface area contributed by atoms with Crippen LogP contribution < -0.4 is 5.32 Å². The molecule has 0 spiro atoms. The van der Waals surface area contributed by atoms with Crippen molar-refractivity contribution in [3.8, 4) is 0 Å². The third-order valence-corrected chi connectivity index (χ3v) is 4.17. The van der Waals surface area contributed by atoms with Crippen molar-refractivity contribution in [3.05, 3.63) is 0 Å². The van der Waals surface area contributed by atoms with Crippen molar-refractivity contribution in [1.29, 1.82) is 0 Å².